The minimum atomic E-state index is 0.134. The Morgan fingerprint density at radius 1 is 1.36 bits per heavy atom. The lowest BCUT2D eigenvalue weighted by Crippen LogP contribution is -2.42. The van der Waals surface area contributed by atoms with Crippen LogP contribution in [-0.2, 0) is 0 Å². The number of nitrogens with zero attached hydrogens (tertiary/aromatic N) is 4. The molecule has 8 heteroatoms. The van der Waals surface area contributed by atoms with Crippen LogP contribution < -0.4 is 15.0 Å². The smallest absolute Gasteiger partial charge is 0.233 e. The Hall–Kier alpha value is -2.12. The molecule has 2 atom stereocenters. The molecule has 1 aromatic carbocycles. The second kappa shape index (κ2) is 7.84. The molecule has 1 aliphatic heterocycles. The number of methoxy groups -OCH3 is 1. The van der Waals surface area contributed by atoms with Gasteiger partial charge >= 0.3 is 0 Å². The van der Waals surface area contributed by atoms with Crippen LogP contribution in [0.5, 0.6) is 5.75 Å². The Morgan fingerprint density at radius 2 is 2.20 bits per heavy atom. The van der Waals surface area contributed by atoms with E-state index in [4.69, 9.17) is 16.3 Å². The second-order valence-electron chi connectivity index (χ2n) is 6.24. The van der Waals surface area contributed by atoms with Crippen molar-refractivity contribution in [3.63, 3.8) is 0 Å². The first kappa shape index (κ1) is 17.7. The van der Waals surface area contributed by atoms with Crippen molar-refractivity contribution in [2.45, 2.75) is 13.3 Å². The number of anilines is 3. The molecule has 1 aromatic heterocycles. The molecule has 1 saturated heterocycles. The molecule has 2 unspecified atom stereocenters. The van der Waals surface area contributed by atoms with Crippen LogP contribution in [0.15, 0.2) is 24.3 Å². The minimum Gasteiger partial charge on any atom is -0.497 e. The molecular formula is C17H22ClN5O2. The zero-order valence-corrected chi connectivity index (χ0v) is 15.1. The number of nitrogens with one attached hydrogen (secondary N) is 1. The Labute approximate surface area is 152 Å². The van der Waals surface area contributed by atoms with E-state index in [1.54, 1.807) is 7.11 Å². The fourth-order valence-corrected chi connectivity index (χ4v) is 3.09. The maximum Gasteiger partial charge on any atom is 0.233 e. The summed E-state index contributed by atoms with van der Waals surface area (Å²) in [5.74, 6) is 2.33. The molecule has 0 aliphatic carbocycles. The third-order valence-corrected chi connectivity index (χ3v) is 4.72. The van der Waals surface area contributed by atoms with E-state index in [1.165, 1.54) is 0 Å². The number of aliphatic hydroxyl groups is 1. The average Bonchev–Trinajstić information content (AvgIpc) is 2.61. The first-order valence-electron chi connectivity index (χ1n) is 8.27. The van der Waals surface area contributed by atoms with Crippen LogP contribution in [0.1, 0.15) is 13.3 Å². The summed E-state index contributed by atoms with van der Waals surface area (Å²) < 4.78 is 5.22. The van der Waals surface area contributed by atoms with Crippen molar-refractivity contribution >= 4 is 29.2 Å². The Morgan fingerprint density at radius 3 is 2.96 bits per heavy atom. The van der Waals surface area contributed by atoms with E-state index in [-0.39, 0.29) is 17.8 Å². The fourth-order valence-electron chi connectivity index (χ4n) is 2.94. The maximum absolute atomic E-state index is 9.55. The molecule has 1 fully saturated rings. The molecule has 2 heterocycles. The normalized spacial score (nSPS) is 20.4. The number of hydrogen-bond acceptors (Lipinski definition) is 7. The number of piperidine rings is 1. The van der Waals surface area contributed by atoms with Gasteiger partial charge in [0, 0.05) is 37.4 Å². The number of rotatable bonds is 5. The Bertz CT molecular complexity index is 730. The molecule has 3 rings (SSSR count). The molecule has 7 nitrogen and oxygen atoms in total. The van der Waals surface area contributed by atoms with E-state index in [2.05, 4.69) is 27.2 Å². The summed E-state index contributed by atoms with van der Waals surface area (Å²) in [4.78, 5) is 14.9. The Kier molecular flexibility index (Phi) is 5.55. The lowest BCUT2D eigenvalue weighted by atomic mass is 9.88. The number of aromatic nitrogens is 3. The van der Waals surface area contributed by atoms with E-state index in [0.717, 1.165) is 24.4 Å². The number of halogens is 1. The summed E-state index contributed by atoms with van der Waals surface area (Å²) in [5, 5.41) is 12.8. The molecule has 0 radical (unpaired) electrons. The van der Waals surface area contributed by atoms with Crippen molar-refractivity contribution in [1.82, 2.24) is 15.0 Å². The first-order valence-corrected chi connectivity index (χ1v) is 8.65. The highest BCUT2D eigenvalue weighted by Crippen LogP contribution is 2.27. The predicted molar refractivity (Wildman–Crippen MR) is 97.7 cm³/mol. The van der Waals surface area contributed by atoms with Gasteiger partial charge in [-0.15, -0.1) is 0 Å². The van der Waals surface area contributed by atoms with E-state index >= 15 is 0 Å². The van der Waals surface area contributed by atoms with Crippen LogP contribution in [-0.4, -0.2) is 46.9 Å². The molecular weight excluding hydrogens is 342 g/mol. The van der Waals surface area contributed by atoms with Crippen LogP contribution in [0.4, 0.5) is 17.6 Å². The van der Waals surface area contributed by atoms with Crippen molar-refractivity contribution in [2.24, 2.45) is 11.8 Å². The molecule has 0 bridgehead atoms. The maximum atomic E-state index is 9.55. The van der Waals surface area contributed by atoms with Gasteiger partial charge in [0.05, 0.1) is 7.11 Å². The lowest BCUT2D eigenvalue weighted by molar-refractivity contribution is 0.165. The van der Waals surface area contributed by atoms with E-state index in [9.17, 15) is 5.11 Å². The van der Waals surface area contributed by atoms with Gasteiger partial charge in [0.2, 0.25) is 17.2 Å². The van der Waals surface area contributed by atoms with Crippen molar-refractivity contribution in [1.29, 1.82) is 0 Å². The first-order chi connectivity index (χ1) is 12.1. The van der Waals surface area contributed by atoms with Crippen LogP contribution >= 0.6 is 11.6 Å². The van der Waals surface area contributed by atoms with Gasteiger partial charge in [-0.25, -0.2) is 0 Å². The second-order valence-corrected chi connectivity index (χ2v) is 6.58. The summed E-state index contributed by atoms with van der Waals surface area (Å²) in [7, 11) is 1.62. The van der Waals surface area contributed by atoms with Crippen LogP contribution in [0.2, 0.25) is 5.28 Å². The van der Waals surface area contributed by atoms with Gasteiger partial charge in [-0.2, -0.15) is 15.0 Å². The number of benzene rings is 1. The van der Waals surface area contributed by atoms with Gasteiger partial charge in [0.25, 0.3) is 0 Å². The summed E-state index contributed by atoms with van der Waals surface area (Å²) in [6.07, 6.45) is 0.979. The standard InChI is InChI=1S/C17H22ClN5O2/c1-11-6-7-23(9-12(11)10-24)17-21-15(18)20-16(22-17)19-13-4-3-5-14(8-13)25-2/h3-5,8,11-12,24H,6-7,9-10H2,1-2H3,(H,19,20,21,22). The van der Waals surface area contributed by atoms with Gasteiger partial charge in [-0.3, -0.25) is 0 Å². The van der Waals surface area contributed by atoms with Crippen molar-refractivity contribution in [3.05, 3.63) is 29.5 Å². The van der Waals surface area contributed by atoms with E-state index < -0.39 is 0 Å². The fraction of sp³-hybridized carbons (Fsp3) is 0.471. The quantitative estimate of drug-likeness (QED) is 0.844. The van der Waals surface area contributed by atoms with Gasteiger partial charge in [-0.05, 0) is 36.1 Å². The highest BCUT2D eigenvalue weighted by atomic mass is 35.5. The van der Waals surface area contributed by atoms with Crippen molar-refractivity contribution in [3.8, 4) is 5.75 Å². The van der Waals surface area contributed by atoms with Crippen LogP contribution in [0, 0.1) is 11.8 Å². The van der Waals surface area contributed by atoms with Crippen molar-refractivity contribution in [2.75, 3.05) is 37.0 Å². The van der Waals surface area contributed by atoms with Crippen LogP contribution in [0.3, 0.4) is 0 Å². The molecule has 0 spiro atoms. The summed E-state index contributed by atoms with van der Waals surface area (Å²) in [6, 6.07) is 7.48. The van der Waals surface area contributed by atoms with Crippen LogP contribution in [0.25, 0.3) is 0 Å². The zero-order valence-electron chi connectivity index (χ0n) is 14.3. The number of ether oxygens (including phenoxy) is 1. The molecule has 134 valence electrons. The third kappa shape index (κ3) is 4.29. The molecule has 0 amide bonds. The molecule has 25 heavy (non-hydrogen) atoms. The third-order valence-electron chi connectivity index (χ3n) is 4.55. The monoisotopic (exact) mass is 363 g/mol. The van der Waals surface area contributed by atoms with Crippen molar-refractivity contribution < 1.29 is 9.84 Å². The zero-order chi connectivity index (χ0) is 17.8. The highest BCUT2D eigenvalue weighted by Gasteiger charge is 2.27. The van der Waals surface area contributed by atoms with E-state index in [1.807, 2.05) is 29.2 Å². The lowest BCUT2D eigenvalue weighted by Gasteiger charge is -2.36. The van der Waals surface area contributed by atoms with E-state index in [0.29, 0.717) is 24.4 Å². The SMILES string of the molecule is COc1cccc(Nc2nc(Cl)nc(N3CCC(C)C(CO)C3)n2)c1. The number of hydrogen-bond donors (Lipinski definition) is 2. The van der Waals surface area contributed by atoms with Gasteiger partial charge in [0.15, 0.2) is 0 Å². The summed E-state index contributed by atoms with van der Waals surface area (Å²) in [6.45, 7) is 3.85. The molecule has 2 aromatic rings. The summed E-state index contributed by atoms with van der Waals surface area (Å²) in [5.41, 5.74) is 0.799. The van der Waals surface area contributed by atoms with Gasteiger partial charge < -0.3 is 20.1 Å². The van der Waals surface area contributed by atoms with Gasteiger partial charge in [0.1, 0.15) is 5.75 Å². The predicted octanol–water partition coefficient (Wildman–Crippen LogP) is 2.73. The largest absolute Gasteiger partial charge is 0.497 e. The molecule has 1 aliphatic rings. The minimum absolute atomic E-state index is 0.134. The highest BCUT2D eigenvalue weighted by molar-refractivity contribution is 6.28. The molecule has 0 saturated carbocycles. The number of aliphatic hydroxyl groups excluding tert-OH is 1. The average molecular weight is 364 g/mol. The van der Waals surface area contributed by atoms with Gasteiger partial charge in [-0.1, -0.05) is 13.0 Å². The Balaban J connectivity index is 1.80. The molecule has 2 N–H and O–H groups in total. The summed E-state index contributed by atoms with van der Waals surface area (Å²) >= 11 is 6.09. The topological polar surface area (TPSA) is 83.4 Å².